The summed E-state index contributed by atoms with van der Waals surface area (Å²) in [5.41, 5.74) is 0.268. The summed E-state index contributed by atoms with van der Waals surface area (Å²) in [6, 6.07) is 3.63. The van der Waals surface area contributed by atoms with Crippen molar-refractivity contribution in [3.05, 3.63) is 34.4 Å². The van der Waals surface area contributed by atoms with Gasteiger partial charge >= 0.3 is 6.03 Å². The van der Waals surface area contributed by atoms with E-state index in [2.05, 4.69) is 20.9 Å². The standard InChI is InChI=1S/C10H9N7O3/c11-8-7(9(12)14-10(18)13-8)16-15-5-1-3-6(4-2-5)17(19)20/h1-4,7H,(H4,11,12,13,14,18). The molecule has 2 rings (SSSR count). The Morgan fingerprint density at radius 3 is 2.20 bits per heavy atom. The van der Waals surface area contributed by atoms with Crippen molar-refractivity contribution < 1.29 is 9.72 Å². The first-order chi connectivity index (χ1) is 9.47. The van der Waals surface area contributed by atoms with Crippen LogP contribution in [0.25, 0.3) is 0 Å². The maximum absolute atomic E-state index is 11.0. The van der Waals surface area contributed by atoms with E-state index in [4.69, 9.17) is 10.8 Å². The maximum Gasteiger partial charge on any atom is 0.325 e. The number of rotatable bonds is 3. The Morgan fingerprint density at radius 1 is 1.15 bits per heavy atom. The van der Waals surface area contributed by atoms with Crippen molar-refractivity contribution in [3.63, 3.8) is 0 Å². The highest BCUT2D eigenvalue weighted by atomic mass is 16.6. The van der Waals surface area contributed by atoms with Crippen molar-refractivity contribution in [2.24, 2.45) is 10.2 Å². The Bertz CT molecular complexity index is 602. The number of amidine groups is 2. The van der Waals surface area contributed by atoms with Gasteiger partial charge in [-0.1, -0.05) is 0 Å². The fourth-order valence-electron chi connectivity index (χ4n) is 1.44. The van der Waals surface area contributed by atoms with E-state index in [-0.39, 0.29) is 17.4 Å². The second-order valence-electron chi connectivity index (χ2n) is 3.80. The third kappa shape index (κ3) is 2.80. The number of non-ortho nitro benzene ring substituents is 1. The summed E-state index contributed by atoms with van der Waals surface area (Å²) in [5, 5.41) is 37.4. The van der Waals surface area contributed by atoms with E-state index in [1.54, 1.807) is 0 Å². The summed E-state index contributed by atoms with van der Waals surface area (Å²) in [6.45, 7) is 0. The van der Waals surface area contributed by atoms with Gasteiger partial charge in [0.25, 0.3) is 5.69 Å². The van der Waals surface area contributed by atoms with E-state index < -0.39 is 17.0 Å². The minimum Gasteiger partial charge on any atom is -0.294 e. The van der Waals surface area contributed by atoms with Gasteiger partial charge < -0.3 is 0 Å². The minimum absolute atomic E-state index is 0.0731. The number of carbonyl (C=O) groups excluding carboxylic acids is 1. The molecule has 1 aliphatic heterocycles. The summed E-state index contributed by atoms with van der Waals surface area (Å²) in [7, 11) is 0. The van der Waals surface area contributed by atoms with Gasteiger partial charge in [-0.2, -0.15) is 10.2 Å². The first-order valence-corrected chi connectivity index (χ1v) is 5.37. The highest BCUT2D eigenvalue weighted by Gasteiger charge is 2.28. The highest BCUT2D eigenvalue weighted by Crippen LogP contribution is 2.18. The van der Waals surface area contributed by atoms with Gasteiger partial charge in [-0.25, -0.2) is 4.79 Å². The summed E-state index contributed by atoms with van der Waals surface area (Å²) in [4.78, 5) is 20.9. The van der Waals surface area contributed by atoms with Crippen LogP contribution >= 0.6 is 0 Å². The molecule has 20 heavy (non-hydrogen) atoms. The molecule has 1 aromatic rings. The van der Waals surface area contributed by atoms with E-state index in [0.717, 1.165) is 0 Å². The third-order valence-electron chi connectivity index (χ3n) is 2.39. The van der Waals surface area contributed by atoms with Crippen LogP contribution < -0.4 is 10.6 Å². The molecule has 10 nitrogen and oxygen atoms in total. The van der Waals surface area contributed by atoms with Crippen LogP contribution in [0.4, 0.5) is 16.2 Å². The SMILES string of the molecule is N=C1NC(=O)NC(=N)C1N=Nc1ccc([N+](=O)[O-])cc1. The van der Waals surface area contributed by atoms with Gasteiger partial charge in [-0.15, -0.1) is 0 Å². The maximum atomic E-state index is 11.0. The molecule has 1 aromatic carbocycles. The van der Waals surface area contributed by atoms with Gasteiger partial charge in [0.1, 0.15) is 11.7 Å². The largest absolute Gasteiger partial charge is 0.325 e. The molecular formula is C10H9N7O3. The molecule has 102 valence electrons. The number of azo groups is 1. The molecule has 1 aliphatic rings. The number of nitro benzene ring substituents is 1. The molecule has 1 saturated heterocycles. The number of hydrogen-bond acceptors (Lipinski definition) is 7. The minimum atomic E-state index is -1.03. The molecule has 0 bridgehead atoms. The van der Waals surface area contributed by atoms with Gasteiger partial charge in [-0.3, -0.25) is 31.6 Å². The zero-order valence-electron chi connectivity index (χ0n) is 9.95. The Morgan fingerprint density at radius 2 is 1.70 bits per heavy atom. The lowest BCUT2D eigenvalue weighted by Gasteiger charge is -2.20. The molecule has 1 heterocycles. The predicted molar refractivity (Wildman–Crippen MR) is 68.5 cm³/mol. The average molecular weight is 275 g/mol. The first-order valence-electron chi connectivity index (χ1n) is 5.37. The van der Waals surface area contributed by atoms with Crippen molar-refractivity contribution in [2.75, 3.05) is 0 Å². The summed E-state index contributed by atoms with van der Waals surface area (Å²) < 4.78 is 0. The number of nitrogens with zero attached hydrogens (tertiary/aromatic N) is 3. The molecule has 1 fully saturated rings. The molecule has 0 aliphatic carbocycles. The molecule has 10 heteroatoms. The van der Waals surface area contributed by atoms with Crippen LogP contribution in [0.2, 0.25) is 0 Å². The Balaban J connectivity index is 2.12. The zero-order chi connectivity index (χ0) is 14.7. The summed E-state index contributed by atoms with van der Waals surface area (Å²) >= 11 is 0. The molecule has 0 spiro atoms. The van der Waals surface area contributed by atoms with Gasteiger partial charge in [0, 0.05) is 12.1 Å². The molecule has 0 unspecified atom stereocenters. The third-order valence-corrected chi connectivity index (χ3v) is 2.39. The zero-order valence-corrected chi connectivity index (χ0v) is 9.95. The molecule has 2 amide bonds. The highest BCUT2D eigenvalue weighted by molar-refractivity contribution is 6.20. The van der Waals surface area contributed by atoms with Crippen LogP contribution in [-0.2, 0) is 0 Å². The summed E-state index contributed by atoms with van der Waals surface area (Å²) in [5.74, 6) is -0.520. The number of carbonyl (C=O) groups is 1. The van der Waals surface area contributed by atoms with E-state index in [9.17, 15) is 14.9 Å². The Kier molecular flexibility index (Phi) is 3.46. The number of hydrogen-bond donors (Lipinski definition) is 4. The quantitative estimate of drug-likeness (QED) is 0.373. The molecular weight excluding hydrogens is 266 g/mol. The van der Waals surface area contributed by atoms with Crippen molar-refractivity contribution >= 4 is 29.1 Å². The van der Waals surface area contributed by atoms with Crippen molar-refractivity contribution in [1.29, 1.82) is 10.8 Å². The van der Waals surface area contributed by atoms with Crippen LogP contribution in [0.15, 0.2) is 34.5 Å². The fraction of sp³-hybridized carbons (Fsp3) is 0.100. The van der Waals surface area contributed by atoms with E-state index in [1.807, 2.05) is 0 Å². The number of amides is 2. The van der Waals surface area contributed by atoms with Gasteiger partial charge in [-0.05, 0) is 12.1 Å². The molecule has 0 aromatic heterocycles. The van der Waals surface area contributed by atoms with Crippen LogP contribution in [0.3, 0.4) is 0 Å². The first kappa shape index (κ1) is 13.3. The van der Waals surface area contributed by atoms with E-state index >= 15 is 0 Å². The number of nitrogens with one attached hydrogen (secondary N) is 4. The lowest BCUT2D eigenvalue weighted by atomic mass is 10.2. The van der Waals surface area contributed by atoms with E-state index in [0.29, 0.717) is 5.69 Å². The molecule has 0 atom stereocenters. The van der Waals surface area contributed by atoms with Crippen molar-refractivity contribution in [3.8, 4) is 0 Å². The second kappa shape index (κ2) is 5.22. The van der Waals surface area contributed by atoms with E-state index in [1.165, 1.54) is 24.3 Å². The average Bonchev–Trinajstić information content (AvgIpc) is 2.38. The predicted octanol–water partition coefficient (Wildman–Crippen LogP) is 1.31. The smallest absolute Gasteiger partial charge is 0.294 e. The Hall–Kier alpha value is -3.17. The van der Waals surface area contributed by atoms with Gasteiger partial charge in [0.15, 0.2) is 6.04 Å². The second-order valence-corrected chi connectivity index (χ2v) is 3.80. The lowest BCUT2D eigenvalue weighted by molar-refractivity contribution is -0.384. The normalized spacial score (nSPS) is 18.8. The summed E-state index contributed by atoms with van der Waals surface area (Å²) in [6.07, 6.45) is 0. The Labute approximate surface area is 112 Å². The van der Waals surface area contributed by atoms with Crippen molar-refractivity contribution in [2.45, 2.75) is 6.04 Å². The van der Waals surface area contributed by atoms with Crippen LogP contribution in [0.1, 0.15) is 0 Å². The van der Waals surface area contributed by atoms with Crippen LogP contribution in [-0.4, -0.2) is 28.7 Å². The number of benzene rings is 1. The monoisotopic (exact) mass is 275 g/mol. The topological polar surface area (TPSA) is 157 Å². The van der Waals surface area contributed by atoms with Gasteiger partial charge in [0.05, 0.1) is 10.6 Å². The van der Waals surface area contributed by atoms with Crippen LogP contribution in [0.5, 0.6) is 0 Å². The van der Waals surface area contributed by atoms with Gasteiger partial charge in [0.2, 0.25) is 0 Å². The van der Waals surface area contributed by atoms with Crippen LogP contribution in [0, 0.1) is 20.9 Å². The number of urea groups is 1. The molecule has 0 saturated carbocycles. The lowest BCUT2D eigenvalue weighted by Crippen LogP contribution is -2.57. The molecule has 0 radical (unpaired) electrons. The molecule has 4 N–H and O–H groups in total. The number of nitro groups is 1. The van der Waals surface area contributed by atoms with Crippen molar-refractivity contribution in [1.82, 2.24) is 10.6 Å². The fourth-order valence-corrected chi connectivity index (χ4v) is 1.44.